The van der Waals surface area contributed by atoms with Gasteiger partial charge in [0.15, 0.2) is 0 Å². The number of rotatable bonds is 4. The number of nitrogens with two attached hydrogens (primary N) is 1. The van der Waals surface area contributed by atoms with E-state index < -0.39 is 6.10 Å². The van der Waals surface area contributed by atoms with Gasteiger partial charge >= 0.3 is 0 Å². The second-order valence-electron chi connectivity index (χ2n) is 6.91. The average molecular weight is 306 g/mol. The normalized spacial score (nSPS) is 32.5. The second-order valence-corrected chi connectivity index (χ2v) is 6.91. The van der Waals surface area contributed by atoms with Crippen LogP contribution in [0.5, 0.6) is 0 Å². The quantitative estimate of drug-likeness (QED) is 0.764. The topological polar surface area (TPSA) is 93.2 Å². The summed E-state index contributed by atoms with van der Waals surface area (Å²) in [6.07, 6.45) is 8.03. The van der Waals surface area contributed by atoms with Crippen LogP contribution in [0.3, 0.4) is 0 Å². The SMILES string of the molecule is Cn1cc(C(O)CNC(=O)C2CC3CCCC(C2)C3N)cn1. The first-order chi connectivity index (χ1) is 10.5. The van der Waals surface area contributed by atoms with Crippen molar-refractivity contribution in [2.75, 3.05) is 6.54 Å². The molecule has 3 rings (SSSR count). The Morgan fingerprint density at radius 1 is 1.50 bits per heavy atom. The molecule has 1 aromatic heterocycles. The van der Waals surface area contributed by atoms with E-state index in [1.165, 1.54) is 6.42 Å². The summed E-state index contributed by atoms with van der Waals surface area (Å²) in [7, 11) is 1.80. The fourth-order valence-electron chi connectivity index (χ4n) is 4.07. The molecule has 0 radical (unpaired) electrons. The fraction of sp³-hybridized carbons (Fsp3) is 0.750. The van der Waals surface area contributed by atoms with Gasteiger partial charge in [0.25, 0.3) is 0 Å². The van der Waals surface area contributed by atoms with E-state index in [4.69, 9.17) is 5.73 Å². The minimum absolute atomic E-state index is 0.0520. The zero-order chi connectivity index (χ0) is 15.7. The first kappa shape index (κ1) is 15.5. The summed E-state index contributed by atoms with van der Waals surface area (Å²) in [6, 6.07) is 0.277. The van der Waals surface area contributed by atoms with E-state index in [1.54, 1.807) is 24.1 Å². The number of nitrogens with one attached hydrogen (secondary N) is 1. The summed E-state index contributed by atoms with van der Waals surface area (Å²) in [5.41, 5.74) is 6.99. The highest BCUT2D eigenvalue weighted by atomic mass is 16.3. The Balaban J connectivity index is 1.52. The van der Waals surface area contributed by atoms with E-state index in [1.807, 2.05) is 0 Å². The maximum Gasteiger partial charge on any atom is 0.223 e. The second kappa shape index (κ2) is 6.38. The average Bonchev–Trinajstić information content (AvgIpc) is 2.91. The summed E-state index contributed by atoms with van der Waals surface area (Å²) in [5.74, 6) is 1.10. The van der Waals surface area contributed by atoms with Gasteiger partial charge in [-0.25, -0.2) is 0 Å². The number of aliphatic hydroxyl groups is 1. The zero-order valence-corrected chi connectivity index (χ0v) is 13.1. The lowest BCUT2D eigenvalue weighted by atomic mass is 9.65. The molecule has 2 fully saturated rings. The maximum atomic E-state index is 12.4. The van der Waals surface area contributed by atoms with Crippen molar-refractivity contribution in [1.82, 2.24) is 15.1 Å². The van der Waals surface area contributed by atoms with E-state index in [0.717, 1.165) is 31.2 Å². The first-order valence-corrected chi connectivity index (χ1v) is 8.24. The number of carbonyl (C=O) groups is 1. The van der Waals surface area contributed by atoms with Gasteiger partial charge in [0.1, 0.15) is 0 Å². The number of nitrogens with zero attached hydrogens (tertiary/aromatic N) is 2. The number of hydrogen-bond donors (Lipinski definition) is 3. The number of aliphatic hydroxyl groups excluding tert-OH is 1. The molecule has 6 nitrogen and oxygen atoms in total. The van der Waals surface area contributed by atoms with Crippen LogP contribution in [0.1, 0.15) is 43.8 Å². The van der Waals surface area contributed by atoms with Crippen LogP contribution in [-0.4, -0.2) is 33.4 Å². The van der Waals surface area contributed by atoms with Crippen molar-refractivity contribution in [2.45, 2.75) is 44.2 Å². The minimum atomic E-state index is -0.706. The molecule has 1 aromatic rings. The minimum Gasteiger partial charge on any atom is -0.386 e. The molecule has 0 saturated heterocycles. The van der Waals surface area contributed by atoms with Crippen LogP contribution in [0.2, 0.25) is 0 Å². The molecular weight excluding hydrogens is 280 g/mol. The number of aromatic nitrogens is 2. The predicted octanol–water partition coefficient (Wildman–Crippen LogP) is 0.723. The van der Waals surface area contributed by atoms with Crippen LogP contribution in [0.4, 0.5) is 0 Å². The molecule has 22 heavy (non-hydrogen) atoms. The van der Waals surface area contributed by atoms with Crippen molar-refractivity contribution in [3.63, 3.8) is 0 Å². The van der Waals surface area contributed by atoms with Crippen LogP contribution in [0.25, 0.3) is 0 Å². The number of fused-ring (bicyclic) bond motifs is 2. The Morgan fingerprint density at radius 2 is 2.18 bits per heavy atom. The highest BCUT2D eigenvalue weighted by molar-refractivity contribution is 5.78. The monoisotopic (exact) mass is 306 g/mol. The molecule has 2 bridgehead atoms. The molecule has 1 heterocycles. The van der Waals surface area contributed by atoms with Crippen molar-refractivity contribution in [3.05, 3.63) is 18.0 Å². The largest absolute Gasteiger partial charge is 0.386 e. The van der Waals surface area contributed by atoms with Crippen molar-refractivity contribution in [1.29, 1.82) is 0 Å². The highest BCUT2D eigenvalue weighted by Gasteiger charge is 2.40. The van der Waals surface area contributed by atoms with E-state index in [0.29, 0.717) is 11.8 Å². The smallest absolute Gasteiger partial charge is 0.223 e. The third kappa shape index (κ3) is 3.17. The van der Waals surface area contributed by atoms with Crippen LogP contribution in [-0.2, 0) is 11.8 Å². The van der Waals surface area contributed by atoms with Gasteiger partial charge < -0.3 is 16.2 Å². The fourth-order valence-corrected chi connectivity index (χ4v) is 4.07. The van der Waals surface area contributed by atoms with Gasteiger partial charge in [-0.05, 0) is 37.5 Å². The molecule has 1 amide bonds. The van der Waals surface area contributed by atoms with Gasteiger partial charge in [0, 0.05) is 37.3 Å². The summed E-state index contributed by atoms with van der Waals surface area (Å²) in [5, 5.41) is 17.0. The molecule has 0 spiro atoms. The van der Waals surface area contributed by atoms with Crippen LogP contribution in [0, 0.1) is 17.8 Å². The van der Waals surface area contributed by atoms with Crippen molar-refractivity contribution < 1.29 is 9.90 Å². The lowest BCUT2D eigenvalue weighted by molar-refractivity contribution is -0.128. The van der Waals surface area contributed by atoms with E-state index in [2.05, 4.69) is 10.4 Å². The highest BCUT2D eigenvalue weighted by Crippen LogP contribution is 2.41. The molecule has 3 atom stereocenters. The lowest BCUT2D eigenvalue weighted by Crippen LogP contribution is -2.49. The van der Waals surface area contributed by atoms with Gasteiger partial charge in [-0.1, -0.05) is 6.42 Å². The molecule has 0 aliphatic heterocycles. The molecule has 4 N–H and O–H groups in total. The Labute approximate surface area is 131 Å². The van der Waals surface area contributed by atoms with Crippen LogP contribution >= 0.6 is 0 Å². The first-order valence-electron chi connectivity index (χ1n) is 8.24. The summed E-state index contributed by atoms with van der Waals surface area (Å²) >= 11 is 0. The van der Waals surface area contributed by atoms with Crippen LogP contribution in [0.15, 0.2) is 12.4 Å². The van der Waals surface area contributed by atoms with Crippen molar-refractivity contribution in [3.8, 4) is 0 Å². The van der Waals surface area contributed by atoms with Gasteiger partial charge in [-0.15, -0.1) is 0 Å². The third-order valence-corrected chi connectivity index (χ3v) is 5.36. The molecule has 122 valence electrons. The number of amides is 1. The molecule has 2 aliphatic rings. The van der Waals surface area contributed by atoms with Crippen LogP contribution < -0.4 is 11.1 Å². The number of hydrogen-bond acceptors (Lipinski definition) is 4. The van der Waals surface area contributed by atoms with Gasteiger partial charge in [0.2, 0.25) is 5.91 Å². The molecule has 0 aromatic carbocycles. The Morgan fingerprint density at radius 3 is 2.77 bits per heavy atom. The van der Waals surface area contributed by atoms with E-state index in [9.17, 15) is 9.90 Å². The van der Waals surface area contributed by atoms with Gasteiger partial charge in [0.05, 0.1) is 12.3 Å². The third-order valence-electron chi connectivity index (χ3n) is 5.36. The Kier molecular flexibility index (Phi) is 4.49. The Hall–Kier alpha value is -1.40. The van der Waals surface area contributed by atoms with Crippen molar-refractivity contribution in [2.24, 2.45) is 30.5 Å². The van der Waals surface area contributed by atoms with Crippen molar-refractivity contribution >= 4 is 5.91 Å². The van der Waals surface area contributed by atoms with E-state index >= 15 is 0 Å². The Bertz CT molecular complexity index is 516. The lowest BCUT2D eigenvalue weighted by Gasteiger charge is -2.43. The zero-order valence-electron chi connectivity index (χ0n) is 13.1. The maximum absolute atomic E-state index is 12.4. The molecule has 3 unspecified atom stereocenters. The number of aryl methyl sites for hydroxylation is 1. The van der Waals surface area contributed by atoms with Gasteiger partial charge in [-0.2, -0.15) is 5.10 Å². The van der Waals surface area contributed by atoms with Gasteiger partial charge in [-0.3, -0.25) is 9.48 Å². The standard InChI is InChI=1S/C16H26N4O2/c1-20-9-13(7-19-20)14(21)8-18-16(22)12-5-10-3-2-4-11(6-12)15(10)17/h7,9-12,14-15,21H,2-6,8,17H2,1H3,(H,18,22). The number of carbonyl (C=O) groups excluding carboxylic acids is 1. The molecule has 2 aliphatic carbocycles. The molecule has 2 saturated carbocycles. The molecule has 6 heteroatoms. The predicted molar refractivity (Wildman–Crippen MR) is 82.7 cm³/mol. The summed E-state index contributed by atoms with van der Waals surface area (Å²) in [6.45, 7) is 0.239. The summed E-state index contributed by atoms with van der Waals surface area (Å²) in [4.78, 5) is 12.4. The molecular formula is C16H26N4O2. The van der Waals surface area contributed by atoms with E-state index in [-0.39, 0.29) is 24.4 Å². The summed E-state index contributed by atoms with van der Waals surface area (Å²) < 4.78 is 1.64.